The lowest BCUT2D eigenvalue weighted by Gasteiger charge is -2.07. The minimum atomic E-state index is -1.32. The number of hydrogen-bond acceptors (Lipinski definition) is 3. The SMILES string of the molecule is Cn1ccnc1CCNc1nc(F)c(F)cc1F. The summed E-state index contributed by atoms with van der Waals surface area (Å²) < 4.78 is 40.5. The predicted molar refractivity (Wildman–Crippen MR) is 59.5 cm³/mol. The number of hydrogen-bond donors (Lipinski definition) is 1. The summed E-state index contributed by atoms with van der Waals surface area (Å²) in [6.45, 7) is 0.319. The molecule has 0 aromatic carbocycles. The van der Waals surface area contributed by atoms with Crippen LogP contribution in [0.25, 0.3) is 0 Å². The number of imidazole rings is 1. The number of aromatic nitrogens is 3. The molecule has 0 amide bonds. The van der Waals surface area contributed by atoms with Crippen molar-refractivity contribution in [1.29, 1.82) is 0 Å². The van der Waals surface area contributed by atoms with Crippen LogP contribution in [0, 0.1) is 17.6 Å². The van der Waals surface area contributed by atoms with Gasteiger partial charge >= 0.3 is 0 Å². The van der Waals surface area contributed by atoms with E-state index in [1.807, 2.05) is 11.6 Å². The van der Waals surface area contributed by atoms with E-state index < -0.39 is 17.6 Å². The predicted octanol–water partition coefficient (Wildman–Crippen LogP) is 1.89. The summed E-state index contributed by atoms with van der Waals surface area (Å²) in [4.78, 5) is 7.23. The molecule has 18 heavy (non-hydrogen) atoms. The number of rotatable bonds is 4. The van der Waals surface area contributed by atoms with Crippen molar-refractivity contribution >= 4 is 5.82 Å². The lowest BCUT2D eigenvalue weighted by molar-refractivity contribution is 0.466. The molecule has 0 aliphatic carbocycles. The maximum absolute atomic E-state index is 13.2. The van der Waals surface area contributed by atoms with Crippen molar-refractivity contribution in [3.8, 4) is 0 Å². The minimum absolute atomic E-state index is 0.303. The Kier molecular flexibility index (Phi) is 3.50. The van der Waals surface area contributed by atoms with Crippen LogP contribution in [0.4, 0.5) is 19.0 Å². The molecule has 2 aromatic rings. The zero-order valence-corrected chi connectivity index (χ0v) is 9.62. The van der Waals surface area contributed by atoms with Gasteiger partial charge in [-0.05, 0) is 0 Å². The molecule has 7 heteroatoms. The van der Waals surface area contributed by atoms with Gasteiger partial charge in [0, 0.05) is 38.5 Å². The van der Waals surface area contributed by atoms with E-state index in [1.165, 1.54) is 0 Å². The van der Waals surface area contributed by atoms with E-state index >= 15 is 0 Å². The second kappa shape index (κ2) is 5.07. The van der Waals surface area contributed by atoms with Crippen molar-refractivity contribution in [2.24, 2.45) is 7.05 Å². The van der Waals surface area contributed by atoms with Crippen LogP contribution >= 0.6 is 0 Å². The average molecular weight is 256 g/mol. The molecular weight excluding hydrogens is 245 g/mol. The van der Waals surface area contributed by atoms with Gasteiger partial charge in [-0.2, -0.15) is 9.37 Å². The Bertz CT molecular complexity index is 553. The number of nitrogens with one attached hydrogen (secondary N) is 1. The fraction of sp³-hybridized carbons (Fsp3) is 0.273. The number of halogens is 3. The van der Waals surface area contributed by atoms with Crippen LogP contribution in [0.15, 0.2) is 18.5 Å². The molecular formula is C11H11F3N4. The summed E-state index contributed by atoms with van der Waals surface area (Å²) in [6, 6.07) is 0.464. The Labute approximate surface area is 101 Å². The van der Waals surface area contributed by atoms with Gasteiger partial charge in [-0.3, -0.25) is 0 Å². The fourth-order valence-electron chi connectivity index (χ4n) is 1.50. The van der Waals surface area contributed by atoms with Crippen LogP contribution in [0.1, 0.15) is 5.82 Å². The molecule has 0 unspecified atom stereocenters. The average Bonchev–Trinajstić information content (AvgIpc) is 2.72. The summed E-state index contributed by atoms with van der Waals surface area (Å²) in [5, 5.41) is 2.60. The van der Waals surface area contributed by atoms with Crippen molar-refractivity contribution in [2.45, 2.75) is 6.42 Å². The van der Waals surface area contributed by atoms with E-state index in [-0.39, 0.29) is 5.82 Å². The highest BCUT2D eigenvalue weighted by molar-refractivity contribution is 5.36. The Morgan fingerprint density at radius 1 is 1.28 bits per heavy atom. The standard InChI is InChI=1S/C11H11F3N4/c1-18-5-4-15-9(18)2-3-16-11-8(13)6-7(12)10(14)17-11/h4-6H,2-3H2,1H3,(H,16,17). The molecule has 0 fully saturated rings. The number of anilines is 1. The third-order valence-corrected chi connectivity index (χ3v) is 2.45. The molecule has 0 spiro atoms. The van der Waals surface area contributed by atoms with Crippen LogP contribution < -0.4 is 5.32 Å². The highest BCUT2D eigenvalue weighted by atomic mass is 19.2. The van der Waals surface area contributed by atoms with Gasteiger partial charge in [0.05, 0.1) is 0 Å². The minimum Gasteiger partial charge on any atom is -0.367 e. The van der Waals surface area contributed by atoms with Crippen LogP contribution in [-0.2, 0) is 13.5 Å². The van der Waals surface area contributed by atoms with Gasteiger partial charge in [-0.25, -0.2) is 13.8 Å². The van der Waals surface area contributed by atoms with Crippen molar-refractivity contribution < 1.29 is 13.2 Å². The van der Waals surface area contributed by atoms with Crippen LogP contribution in [0.3, 0.4) is 0 Å². The first kappa shape index (κ1) is 12.4. The van der Waals surface area contributed by atoms with Crippen molar-refractivity contribution in [1.82, 2.24) is 14.5 Å². The molecule has 0 saturated carbocycles. The summed E-state index contributed by atoms with van der Waals surface area (Å²) >= 11 is 0. The molecule has 96 valence electrons. The summed E-state index contributed by atoms with van der Waals surface area (Å²) in [6.07, 6.45) is 3.95. The van der Waals surface area contributed by atoms with Gasteiger partial charge in [-0.15, -0.1) is 0 Å². The van der Waals surface area contributed by atoms with Gasteiger partial charge in [0.2, 0.25) is 0 Å². The summed E-state index contributed by atoms with van der Waals surface area (Å²) in [5.74, 6) is -3.06. The van der Waals surface area contributed by atoms with Crippen molar-refractivity contribution in [3.05, 3.63) is 41.9 Å². The smallest absolute Gasteiger partial charge is 0.251 e. The highest BCUT2D eigenvalue weighted by Gasteiger charge is 2.11. The number of nitrogens with zero attached hydrogens (tertiary/aromatic N) is 3. The zero-order chi connectivity index (χ0) is 13.1. The molecule has 2 heterocycles. The normalized spacial score (nSPS) is 10.7. The van der Waals surface area contributed by atoms with E-state index in [2.05, 4.69) is 15.3 Å². The molecule has 0 saturated heterocycles. The Balaban J connectivity index is 1.99. The van der Waals surface area contributed by atoms with Gasteiger partial charge in [0.1, 0.15) is 5.82 Å². The number of pyridine rings is 1. The first-order chi connectivity index (χ1) is 8.58. The molecule has 4 nitrogen and oxygen atoms in total. The summed E-state index contributed by atoms with van der Waals surface area (Å²) in [5.41, 5.74) is 0. The van der Waals surface area contributed by atoms with Crippen LogP contribution in [0.2, 0.25) is 0 Å². The van der Waals surface area contributed by atoms with E-state index in [4.69, 9.17) is 0 Å². The van der Waals surface area contributed by atoms with Crippen molar-refractivity contribution in [3.63, 3.8) is 0 Å². The largest absolute Gasteiger partial charge is 0.367 e. The van der Waals surface area contributed by atoms with Gasteiger partial charge in [0.25, 0.3) is 5.95 Å². The second-order valence-corrected chi connectivity index (χ2v) is 3.72. The van der Waals surface area contributed by atoms with E-state index in [0.717, 1.165) is 5.82 Å². The Morgan fingerprint density at radius 2 is 2.06 bits per heavy atom. The van der Waals surface area contributed by atoms with Crippen LogP contribution in [0.5, 0.6) is 0 Å². The molecule has 0 aliphatic rings. The summed E-state index contributed by atoms with van der Waals surface area (Å²) in [7, 11) is 1.83. The zero-order valence-electron chi connectivity index (χ0n) is 9.62. The molecule has 2 rings (SSSR count). The molecule has 0 radical (unpaired) electrons. The topological polar surface area (TPSA) is 42.7 Å². The van der Waals surface area contributed by atoms with Crippen LogP contribution in [-0.4, -0.2) is 21.1 Å². The van der Waals surface area contributed by atoms with E-state index in [0.29, 0.717) is 19.0 Å². The fourth-order valence-corrected chi connectivity index (χ4v) is 1.50. The molecule has 0 aliphatic heterocycles. The molecule has 1 N–H and O–H groups in total. The Morgan fingerprint density at radius 3 is 2.72 bits per heavy atom. The van der Waals surface area contributed by atoms with E-state index in [9.17, 15) is 13.2 Å². The quantitative estimate of drug-likeness (QED) is 0.849. The first-order valence-corrected chi connectivity index (χ1v) is 5.29. The lowest BCUT2D eigenvalue weighted by atomic mass is 10.3. The maximum atomic E-state index is 13.2. The first-order valence-electron chi connectivity index (χ1n) is 5.29. The monoisotopic (exact) mass is 256 g/mol. The highest BCUT2D eigenvalue weighted by Crippen LogP contribution is 2.14. The van der Waals surface area contributed by atoms with Crippen molar-refractivity contribution in [2.75, 3.05) is 11.9 Å². The van der Waals surface area contributed by atoms with Gasteiger partial charge in [0.15, 0.2) is 17.5 Å². The number of aryl methyl sites for hydroxylation is 1. The Hall–Kier alpha value is -2.05. The van der Waals surface area contributed by atoms with Gasteiger partial charge in [-0.1, -0.05) is 0 Å². The molecule has 0 atom stereocenters. The maximum Gasteiger partial charge on any atom is 0.251 e. The lowest BCUT2D eigenvalue weighted by Crippen LogP contribution is -2.11. The second-order valence-electron chi connectivity index (χ2n) is 3.72. The van der Waals surface area contributed by atoms with E-state index in [1.54, 1.807) is 12.4 Å². The van der Waals surface area contributed by atoms with Gasteiger partial charge < -0.3 is 9.88 Å². The third-order valence-electron chi connectivity index (χ3n) is 2.45. The third kappa shape index (κ3) is 2.61. The molecule has 2 aromatic heterocycles. The molecule has 0 bridgehead atoms.